The summed E-state index contributed by atoms with van der Waals surface area (Å²) in [6, 6.07) is 4.64. The first-order valence-corrected chi connectivity index (χ1v) is 5.63. The van der Waals surface area contributed by atoms with E-state index in [-0.39, 0.29) is 23.3 Å². The van der Waals surface area contributed by atoms with Crippen molar-refractivity contribution in [2.24, 2.45) is 5.92 Å². The number of amides is 1. The summed E-state index contributed by atoms with van der Waals surface area (Å²) < 4.78 is 5.02. The van der Waals surface area contributed by atoms with Crippen LogP contribution < -0.4 is 10.1 Å². The van der Waals surface area contributed by atoms with E-state index in [1.807, 2.05) is 20.8 Å². The van der Waals surface area contributed by atoms with E-state index in [1.54, 1.807) is 6.07 Å². The molecule has 0 fully saturated rings. The number of nitrogens with one attached hydrogen (secondary N) is 1. The number of aromatic hydroxyl groups is 1. The molecule has 0 heterocycles. The van der Waals surface area contributed by atoms with Gasteiger partial charge in [0.15, 0.2) is 0 Å². The van der Waals surface area contributed by atoms with Gasteiger partial charge in [-0.25, -0.2) is 0 Å². The summed E-state index contributed by atoms with van der Waals surface area (Å²) in [6.45, 7) is 5.98. The Morgan fingerprint density at radius 1 is 1.35 bits per heavy atom. The normalized spacial score (nSPS) is 12.3. The van der Waals surface area contributed by atoms with Gasteiger partial charge in [-0.05, 0) is 31.0 Å². The highest BCUT2D eigenvalue weighted by molar-refractivity contribution is 5.97. The van der Waals surface area contributed by atoms with Gasteiger partial charge in [0.1, 0.15) is 11.5 Å². The second-order valence-electron chi connectivity index (χ2n) is 4.39. The van der Waals surface area contributed by atoms with Crippen LogP contribution in [0.15, 0.2) is 18.2 Å². The fraction of sp³-hybridized carbons (Fsp3) is 0.462. The molecule has 0 aromatic heterocycles. The number of hydrogen-bond donors (Lipinski definition) is 2. The lowest BCUT2D eigenvalue weighted by molar-refractivity contribution is 0.0927. The second-order valence-corrected chi connectivity index (χ2v) is 4.39. The van der Waals surface area contributed by atoms with E-state index in [1.165, 1.54) is 19.2 Å². The molecule has 2 N–H and O–H groups in total. The molecule has 0 saturated carbocycles. The van der Waals surface area contributed by atoms with Crippen LogP contribution in [0.5, 0.6) is 11.5 Å². The van der Waals surface area contributed by atoms with Crippen molar-refractivity contribution in [3.05, 3.63) is 23.8 Å². The monoisotopic (exact) mass is 237 g/mol. The lowest BCUT2D eigenvalue weighted by atomic mass is 10.1. The van der Waals surface area contributed by atoms with Crippen LogP contribution in [0.3, 0.4) is 0 Å². The number of phenolic OH excluding ortho intramolecular Hbond substituents is 1. The third kappa shape index (κ3) is 3.37. The molecule has 0 saturated heterocycles. The number of rotatable bonds is 4. The first-order valence-electron chi connectivity index (χ1n) is 5.63. The third-order valence-corrected chi connectivity index (χ3v) is 2.81. The average Bonchev–Trinajstić information content (AvgIpc) is 2.29. The minimum Gasteiger partial charge on any atom is -0.507 e. The minimum atomic E-state index is -0.289. The number of methoxy groups -OCH3 is 1. The Balaban J connectivity index is 2.88. The lowest BCUT2D eigenvalue weighted by Crippen LogP contribution is -2.36. The van der Waals surface area contributed by atoms with Crippen molar-refractivity contribution >= 4 is 5.91 Å². The molecule has 0 spiro atoms. The molecule has 0 aliphatic heterocycles. The van der Waals surface area contributed by atoms with E-state index in [4.69, 9.17) is 4.74 Å². The Morgan fingerprint density at radius 3 is 2.53 bits per heavy atom. The smallest absolute Gasteiger partial charge is 0.255 e. The largest absolute Gasteiger partial charge is 0.507 e. The van der Waals surface area contributed by atoms with Crippen LogP contribution in [-0.4, -0.2) is 24.2 Å². The Bertz CT molecular complexity index is 402. The molecule has 1 rings (SSSR count). The van der Waals surface area contributed by atoms with Crippen molar-refractivity contribution in [2.45, 2.75) is 26.8 Å². The standard InChI is InChI=1S/C13H19NO3/c1-8(2)9(3)14-13(16)11-7-10(17-4)5-6-12(11)15/h5-9,15H,1-4H3,(H,14,16). The second kappa shape index (κ2) is 5.57. The number of hydrogen-bond acceptors (Lipinski definition) is 3. The van der Waals surface area contributed by atoms with Gasteiger partial charge < -0.3 is 15.2 Å². The summed E-state index contributed by atoms with van der Waals surface area (Å²) in [4.78, 5) is 11.9. The van der Waals surface area contributed by atoms with Gasteiger partial charge in [-0.1, -0.05) is 13.8 Å². The third-order valence-electron chi connectivity index (χ3n) is 2.81. The molecule has 0 aliphatic carbocycles. The molecule has 0 bridgehead atoms. The number of phenols is 1. The van der Waals surface area contributed by atoms with Gasteiger partial charge >= 0.3 is 0 Å². The van der Waals surface area contributed by atoms with E-state index >= 15 is 0 Å². The highest BCUT2D eigenvalue weighted by Crippen LogP contribution is 2.22. The van der Waals surface area contributed by atoms with Crippen LogP contribution in [-0.2, 0) is 0 Å². The van der Waals surface area contributed by atoms with Crippen LogP contribution in [0.4, 0.5) is 0 Å². The number of carbonyl (C=O) groups excluding carboxylic acids is 1. The minimum absolute atomic E-state index is 0.0424. The van der Waals surface area contributed by atoms with Crippen LogP contribution in [0.1, 0.15) is 31.1 Å². The fourth-order valence-corrected chi connectivity index (χ4v) is 1.28. The zero-order chi connectivity index (χ0) is 13.0. The summed E-state index contributed by atoms with van der Waals surface area (Å²) in [5.41, 5.74) is 0.233. The summed E-state index contributed by atoms with van der Waals surface area (Å²) >= 11 is 0. The molecule has 4 nitrogen and oxygen atoms in total. The summed E-state index contributed by atoms with van der Waals surface area (Å²) in [7, 11) is 1.52. The van der Waals surface area contributed by atoms with Gasteiger partial charge in [0.05, 0.1) is 12.7 Å². The average molecular weight is 237 g/mol. The molecule has 0 aliphatic rings. The molecule has 1 aromatic carbocycles. The van der Waals surface area contributed by atoms with E-state index in [9.17, 15) is 9.90 Å². The van der Waals surface area contributed by atoms with Crippen molar-refractivity contribution < 1.29 is 14.6 Å². The summed E-state index contributed by atoms with van der Waals surface area (Å²) in [5.74, 6) is 0.554. The highest BCUT2D eigenvalue weighted by atomic mass is 16.5. The molecule has 0 radical (unpaired) electrons. The van der Waals surface area contributed by atoms with Gasteiger partial charge in [-0.3, -0.25) is 4.79 Å². The first-order chi connectivity index (χ1) is 7.95. The lowest BCUT2D eigenvalue weighted by Gasteiger charge is -2.18. The van der Waals surface area contributed by atoms with Crippen LogP contribution in [0, 0.1) is 5.92 Å². The Morgan fingerprint density at radius 2 is 2.00 bits per heavy atom. The van der Waals surface area contributed by atoms with Crippen LogP contribution >= 0.6 is 0 Å². The van der Waals surface area contributed by atoms with Crippen molar-refractivity contribution in [3.8, 4) is 11.5 Å². The quantitative estimate of drug-likeness (QED) is 0.843. The van der Waals surface area contributed by atoms with Crippen molar-refractivity contribution in [1.29, 1.82) is 0 Å². The first kappa shape index (κ1) is 13.4. The Hall–Kier alpha value is -1.71. The van der Waals surface area contributed by atoms with E-state index in [0.717, 1.165) is 0 Å². The molecule has 1 unspecified atom stereocenters. The van der Waals surface area contributed by atoms with Gasteiger partial charge in [-0.2, -0.15) is 0 Å². The molecular weight excluding hydrogens is 218 g/mol. The summed E-state index contributed by atoms with van der Waals surface area (Å²) in [5, 5.41) is 12.5. The number of benzene rings is 1. The van der Waals surface area contributed by atoms with Crippen LogP contribution in [0.2, 0.25) is 0 Å². The predicted molar refractivity (Wildman–Crippen MR) is 66.4 cm³/mol. The molecule has 1 atom stereocenters. The molecule has 94 valence electrons. The Labute approximate surface area is 102 Å². The van der Waals surface area contributed by atoms with Crippen LogP contribution in [0.25, 0.3) is 0 Å². The van der Waals surface area contributed by atoms with Crippen molar-refractivity contribution in [2.75, 3.05) is 7.11 Å². The number of carbonyl (C=O) groups is 1. The molecule has 17 heavy (non-hydrogen) atoms. The van der Waals surface area contributed by atoms with E-state index in [2.05, 4.69) is 5.32 Å². The Kier molecular flexibility index (Phi) is 4.37. The molecular formula is C13H19NO3. The highest BCUT2D eigenvalue weighted by Gasteiger charge is 2.16. The zero-order valence-corrected chi connectivity index (χ0v) is 10.7. The maximum Gasteiger partial charge on any atom is 0.255 e. The topological polar surface area (TPSA) is 58.6 Å². The maximum absolute atomic E-state index is 11.9. The molecule has 1 aromatic rings. The molecule has 1 amide bonds. The maximum atomic E-state index is 11.9. The number of ether oxygens (including phenoxy) is 1. The summed E-state index contributed by atoms with van der Waals surface area (Å²) in [6.07, 6.45) is 0. The van der Waals surface area contributed by atoms with Gasteiger partial charge in [0, 0.05) is 6.04 Å². The SMILES string of the molecule is COc1ccc(O)c(C(=O)NC(C)C(C)C)c1. The van der Waals surface area contributed by atoms with Gasteiger partial charge in [-0.15, -0.1) is 0 Å². The van der Waals surface area contributed by atoms with E-state index in [0.29, 0.717) is 11.7 Å². The van der Waals surface area contributed by atoms with Gasteiger partial charge in [0.25, 0.3) is 5.91 Å². The van der Waals surface area contributed by atoms with E-state index < -0.39 is 0 Å². The predicted octanol–water partition coefficient (Wildman–Crippen LogP) is 2.18. The van der Waals surface area contributed by atoms with Crippen molar-refractivity contribution in [1.82, 2.24) is 5.32 Å². The fourth-order valence-electron chi connectivity index (χ4n) is 1.28. The zero-order valence-electron chi connectivity index (χ0n) is 10.7. The van der Waals surface area contributed by atoms with Crippen molar-refractivity contribution in [3.63, 3.8) is 0 Å². The van der Waals surface area contributed by atoms with Gasteiger partial charge in [0.2, 0.25) is 0 Å². The molecule has 4 heteroatoms.